The largest absolute Gasteiger partial charge is 0.441 e. The summed E-state index contributed by atoms with van der Waals surface area (Å²) >= 11 is 0. The molecule has 4 nitrogen and oxygen atoms in total. The van der Waals surface area contributed by atoms with Crippen LogP contribution in [-0.4, -0.2) is 22.8 Å². The Morgan fingerprint density at radius 2 is 1.81 bits per heavy atom. The van der Waals surface area contributed by atoms with Gasteiger partial charge in [-0.25, -0.2) is 18.2 Å². The lowest BCUT2D eigenvalue weighted by molar-refractivity contribution is -0.130. The quantitative estimate of drug-likeness (QED) is 0.644. The Morgan fingerprint density at radius 1 is 1.11 bits per heavy atom. The molecule has 0 unspecified atom stereocenters. The zero-order valence-corrected chi connectivity index (χ0v) is 14.6. The van der Waals surface area contributed by atoms with Gasteiger partial charge in [-0.3, -0.25) is 4.79 Å². The van der Waals surface area contributed by atoms with Crippen LogP contribution in [-0.2, 0) is 17.8 Å². The van der Waals surface area contributed by atoms with Gasteiger partial charge in [-0.05, 0) is 29.8 Å². The van der Waals surface area contributed by atoms with Crippen molar-refractivity contribution in [2.75, 3.05) is 7.05 Å². The molecule has 0 N–H and O–H groups in total. The molecule has 3 rings (SSSR count). The zero-order chi connectivity index (χ0) is 19.4. The van der Waals surface area contributed by atoms with Crippen molar-refractivity contribution in [2.45, 2.75) is 19.4 Å². The maximum atomic E-state index is 13.8. The van der Waals surface area contributed by atoms with Crippen LogP contribution in [0.15, 0.2) is 53.1 Å². The molecule has 0 spiro atoms. The molecule has 0 atom stereocenters. The number of nitrogens with zero attached hydrogens (tertiary/aromatic N) is 2. The van der Waals surface area contributed by atoms with Gasteiger partial charge in [-0.15, -0.1) is 0 Å². The van der Waals surface area contributed by atoms with E-state index in [4.69, 9.17) is 4.42 Å². The molecule has 0 radical (unpaired) electrons. The normalized spacial score (nSPS) is 10.8. The van der Waals surface area contributed by atoms with Gasteiger partial charge in [0.1, 0.15) is 17.5 Å². The fourth-order valence-electron chi connectivity index (χ4n) is 2.68. The zero-order valence-electron chi connectivity index (χ0n) is 14.6. The summed E-state index contributed by atoms with van der Waals surface area (Å²) in [4.78, 5) is 17.7. The average molecular weight is 374 g/mol. The summed E-state index contributed by atoms with van der Waals surface area (Å²) < 4.78 is 46.2. The van der Waals surface area contributed by atoms with Gasteiger partial charge in [0.2, 0.25) is 5.91 Å². The number of hydrogen-bond acceptors (Lipinski definition) is 3. The van der Waals surface area contributed by atoms with E-state index in [2.05, 4.69) is 4.98 Å². The van der Waals surface area contributed by atoms with Crippen LogP contribution in [0.25, 0.3) is 11.3 Å². The van der Waals surface area contributed by atoms with E-state index in [1.165, 1.54) is 29.3 Å². The molecular weight excluding hydrogens is 357 g/mol. The molecule has 0 saturated heterocycles. The van der Waals surface area contributed by atoms with Crippen molar-refractivity contribution in [3.8, 4) is 11.3 Å². The first-order valence-corrected chi connectivity index (χ1v) is 8.31. The van der Waals surface area contributed by atoms with Crippen molar-refractivity contribution in [2.24, 2.45) is 0 Å². The summed E-state index contributed by atoms with van der Waals surface area (Å²) in [5, 5.41) is 0. The molecular formula is C20H17F3N2O2. The summed E-state index contributed by atoms with van der Waals surface area (Å²) in [6.45, 7) is 0.272. The van der Waals surface area contributed by atoms with Gasteiger partial charge in [0, 0.05) is 26.4 Å². The maximum Gasteiger partial charge on any atom is 0.223 e. The van der Waals surface area contributed by atoms with Gasteiger partial charge in [-0.2, -0.15) is 0 Å². The summed E-state index contributed by atoms with van der Waals surface area (Å²) in [6, 6.07) is 9.54. The van der Waals surface area contributed by atoms with Crippen LogP contribution in [0.1, 0.15) is 17.9 Å². The third-order valence-corrected chi connectivity index (χ3v) is 4.05. The minimum absolute atomic E-state index is 0.0267. The van der Waals surface area contributed by atoms with Crippen LogP contribution in [0, 0.1) is 17.5 Å². The average Bonchev–Trinajstić information content (AvgIpc) is 3.08. The van der Waals surface area contributed by atoms with Gasteiger partial charge < -0.3 is 9.32 Å². The third kappa shape index (κ3) is 4.55. The molecule has 0 fully saturated rings. The highest BCUT2D eigenvalue weighted by molar-refractivity contribution is 5.76. The first-order chi connectivity index (χ1) is 12.9. The Morgan fingerprint density at radius 3 is 2.52 bits per heavy atom. The molecule has 1 heterocycles. The summed E-state index contributed by atoms with van der Waals surface area (Å²) in [6.07, 6.45) is 1.52. The first kappa shape index (κ1) is 18.7. The van der Waals surface area contributed by atoms with Crippen molar-refractivity contribution in [3.63, 3.8) is 0 Å². The molecule has 0 bridgehead atoms. The van der Waals surface area contributed by atoms with Crippen LogP contribution in [0.5, 0.6) is 0 Å². The van der Waals surface area contributed by atoms with Gasteiger partial charge >= 0.3 is 0 Å². The minimum atomic E-state index is -0.747. The van der Waals surface area contributed by atoms with E-state index in [9.17, 15) is 18.0 Å². The molecule has 0 saturated carbocycles. The van der Waals surface area contributed by atoms with Crippen molar-refractivity contribution in [3.05, 3.63) is 77.6 Å². The lowest BCUT2D eigenvalue weighted by Gasteiger charge is -2.17. The Hall–Kier alpha value is -3.09. The highest BCUT2D eigenvalue weighted by Gasteiger charge is 2.17. The number of amides is 1. The molecule has 2 aromatic carbocycles. The summed E-state index contributed by atoms with van der Waals surface area (Å²) in [7, 11) is 1.61. The Kier molecular flexibility index (Phi) is 5.59. The Balaban J connectivity index is 1.60. The number of carbonyl (C=O) groups is 1. The molecule has 27 heavy (non-hydrogen) atoms. The summed E-state index contributed by atoms with van der Waals surface area (Å²) in [5.41, 5.74) is 0.394. The van der Waals surface area contributed by atoms with Gasteiger partial charge in [0.15, 0.2) is 11.7 Å². The molecule has 3 aromatic rings. The fourth-order valence-corrected chi connectivity index (χ4v) is 2.68. The van der Waals surface area contributed by atoms with Crippen molar-refractivity contribution >= 4 is 5.91 Å². The number of carbonyl (C=O) groups excluding carboxylic acids is 1. The smallest absolute Gasteiger partial charge is 0.223 e. The number of aromatic nitrogens is 1. The molecule has 0 aliphatic heterocycles. The standard InChI is InChI=1S/C20H17F3N2O2/c1-25(12-13-4-2-5-14(21)10-13)19(26)9-8-18-24-11-17(27-18)20-15(22)6-3-7-16(20)23/h2-7,10-11H,8-9,12H2,1H3. The number of aryl methyl sites for hydroxylation is 1. The number of rotatable bonds is 6. The number of hydrogen-bond donors (Lipinski definition) is 0. The predicted octanol–water partition coefficient (Wildman–Crippen LogP) is 4.35. The molecule has 0 aliphatic carbocycles. The molecule has 140 valence electrons. The van der Waals surface area contributed by atoms with Crippen LogP contribution in [0.2, 0.25) is 0 Å². The maximum absolute atomic E-state index is 13.8. The van der Waals surface area contributed by atoms with E-state index in [0.717, 1.165) is 12.1 Å². The number of oxazole rings is 1. The molecule has 1 aromatic heterocycles. The number of benzene rings is 2. The second-order valence-corrected chi connectivity index (χ2v) is 6.09. The van der Waals surface area contributed by atoms with Crippen molar-refractivity contribution in [1.29, 1.82) is 0 Å². The highest BCUT2D eigenvalue weighted by Crippen LogP contribution is 2.26. The number of halogens is 3. The van der Waals surface area contributed by atoms with E-state index in [-0.39, 0.29) is 48.3 Å². The summed E-state index contributed by atoms with van der Waals surface area (Å²) in [5.74, 6) is -1.86. The molecule has 1 amide bonds. The second-order valence-electron chi connectivity index (χ2n) is 6.09. The predicted molar refractivity (Wildman–Crippen MR) is 93.1 cm³/mol. The van der Waals surface area contributed by atoms with Crippen molar-refractivity contribution < 1.29 is 22.4 Å². The van der Waals surface area contributed by atoms with Gasteiger partial charge in [0.25, 0.3) is 0 Å². The van der Waals surface area contributed by atoms with Gasteiger partial charge in [0.05, 0.1) is 11.8 Å². The minimum Gasteiger partial charge on any atom is -0.441 e. The van der Waals surface area contributed by atoms with Crippen LogP contribution in [0.3, 0.4) is 0 Å². The molecule has 7 heteroatoms. The van der Waals surface area contributed by atoms with Crippen molar-refractivity contribution in [1.82, 2.24) is 9.88 Å². The Bertz CT molecular complexity index is 936. The van der Waals surface area contributed by atoms with Gasteiger partial charge in [-0.1, -0.05) is 18.2 Å². The van der Waals surface area contributed by atoms with E-state index in [0.29, 0.717) is 5.56 Å². The molecule has 0 aliphatic rings. The lowest BCUT2D eigenvalue weighted by Crippen LogP contribution is -2.26. The highest BCUT2D eigenvalue weighted by atomic mass is 19.1. The third-order valence-electron chi connectivity index (χ3n) is 4.05. The lowest BCUT2D eigenvalue weighted by atomic mass is 10.1. The van der Waals surface area contributed by atoms with E-state index >= 15 is 0 Å². The van der Waals surface area contributed by atoms with Crippen LogP contribution >= 0.6 is 0 Å². The van der Waals surface area contributed by atoms with Crippen LogP contribution < -0.4 is 0 Å². The van der Waals surface area contributed by atoms with E-state index in [1.807, 2.05) is 0 Å². The second kappa shape index (κ2) is 8.07. The van der Waals surface area contributed by atoms with E-state index < -0.39 is 11.6 Å². The Labute approximate surface area is 154 Å². The fraction of sp³-hybridized carbons (Fsp3) is 0.200. The topological polar surface area (TPSA) is 46.3 Å². The first-order valence-electron chi connectivity index (χ1n) is 8.31. The van der Waals surface area contributed by atoms with E-state index in [1.54, 1.807) is 19.2 Å². The SMILES string of the molecule is CN(Cc1cccc(F)c1)C(=O)CCc1ncc(-c2c(F)cccc2F)o1. The monoisotopic (exact) mass is 374 g/mol. The van der Waals surface area contributed by atoms with Crippen LogP contribution in [0.4, 0.5) is 13.2 Å².